The van der Waals surface area contributed by atoms with Gasteiger partial charge in [-0.15, -0.1) is 0 Å². The number of hydrogen-bond acceptors (Lipinski definition) is 5. The number of amides is 1. The molecule has 2 aromatic rings. The van der Waals surface area contributed by atoms with Crippen molar-refractivity contribution >= 4 is 11.6 Å². The molecule has 1 aromatic carbocycles. The molecule has 1 amide bonds. The molecule has 6 nitrogen and oxygen atoms in total. The van der Waals surface area contributed by atoms with E-state index in [2.05, 4.69) is 20.0 Å². The maximum absolute atomic E-state index is 12.8. The van der Waals surface area contributed by atoms with Crippen molar-refractivity contribution in [3.63, 3.8) is 0 Å². The lowest BCUT2D eigenvalue weighted by Gasteiger charge is -2.17. The third-order valence-corrected chi connectivity index (χ3v) is 4.76. The highest BCUT2D eigenvalue weighted by Crippen LogP contribution is 2.31. The second kappa shape index (κ2) is 10.8. The number of ether oxygens (including phenoxy) is 2. The summed E-state index contributed by atoms with van der Waals surface area (Å²) in [5.41, 5.74) is 3.47. The van der Waals surface area contributed by atoms with Gasteiger partial charge < -0.3 is 14.8 Å². The van der Waals surface area contributed by atoms with Crippen molar-refractivity contribution in [1.29, 1.82) is 0 Å². The van der Waals surface area contributed by atoms with Gasteiger partial charge in [0.15, 0.2) is 11.5 Å². The number of nitrogens with zero attached hydrogens (tertiary/aromatic N) is 2. The molecule has 2 heterocycles. The summed E-state index contributed by atoms with van der Waals surface area (Å²) in [5, 5.41) is 2.85. The zero-order valence-electron chi connectivity index (χ0n) is 18.4. The van der Waals surface area contributed by atoms with Crippen LogP contribution >= 0.6 is 0 Å². The van der Waals surface area contributed by atoms with E-state index in [9.17, 15) is 13.6 Å². The fourth-order valence-electron chi connectivity index (χ4n) is 3.20. The minimum atomic E-state index is -2.94. The molecule has 0 saturated heterocycles. The molecule has 0 fully saturated rings. The average Bonchev–Trinajstić information content (AvgIpc) is 2.77. The van der Waals surface area contributed by atoms with Crippen molar-refractivity contribution in [2.45, 2.75) is 40.2 Å². The fourth-order valence-corrected chi connectivity index (χ4v) is 3.20. The van der Waals surface area contributed by atoms with Crippen molar-refractivity contribution in [3.05, 3.63) is 65.1 Å². The largest absolute Gasteiger partial charge is 0.489 e. The molecular formula is C24H27F2N3O3. The van der Waals surface area contributed by atoms with Gasteiger partial charge in [-0.25, -0.2) is 0 Å². The Morgan fingerprint density at radius 2 is 2.03 bits per heavy atom. The first kappa shape index (κ1) is 23.4. The number of aryl methyl sites for hydroxylation is 1. The van der Waals surface area contributed by atoms with E-state index in [-0.39, 0.29) is 29.9 Å². The molecule has 0 bridgehead atoms. The minimum absolute atomic E-state index is 0.00503. The van der Waals surface area contributed by atoms with E-state index in [0.717, 1.165) is 29.0 Å². The number of carbonyl (C=O) groups excluding carboxylic acids is 1. The van der Waals surface area contributed by atoms with E-state index >= 15 is 0 Å². The standard InChI is InChI=1S/C24H27F2N3O3/c1-15(2)14-31-21-12-17(9-10-20(21)32-24(25)26)19-8-4-7-18(29-19)13-28-23(30)22-16(3)6-5-11-27-22/h5-7,9-12,15,24H,4,8,13-14H2,1-3H3,(H,28,30). The maximum Gasteiger partial charge on any atom is 0.387 e. The summed E-state index contributed by atoms with van der Waals surface area (Å²) in [5.74, 6) is 0.221. The van der Waals surface area contributed by atoms with E-state index < -0.39 is 6.61 Å². The van der Waals surface area contributed by atoms with Crippen LogP contribution in [0.1, 0.15) is 48.3 Å². The van der Waals surface area contributed by atoms with Crippen LogP contribution in [0.5, 0.6) is 11.5 Å². The van der Waals surface area contributed by atoms with Crippen molar-refractivity contribution < 1.29 is 23.0 Å². The van der Waals surface area contributed by atoms with Gasteiger partial charge in [0.2, 0.25) is 0 Å². The van der Waals surface area contributed by atoms with E-state index in [1.54, 1.807) is 24.4 Å². The van der Waals surface area contributed by atoms with Crippen LogP contribution in [0, 0.1) is 12.8 Å². The highest BCUT2D eigenvalue weighted by molar-refractivity contribution is 6.02. The Hall–Kier alpha value is -3.29. The zero-order chi connectivity index (χ0) is 23.1. The van der Waals surface area contributed by atoms with Crippen LogP contribution in [0.25, 0.3) is 0 Å². The van der Waals surface area contributed by atoms with Gasteiger partial charge >= 0.3 is 6.61 Å². The lowest BCUT2D eigenvalue weighted by Crippen LogP contribution is -2.27. The number of benzene rings is 1. The molecule has 1 aromatic heterocycles. The topological polar surface area (TPSA) is 72.8 Å². The second-order valence-corrected chi connectivity index (χ2v) is 7.89. The highest BCUT2D eigenvalue weighted by Gasteiger charge is 2.17. The highest BCUT2D eigenvalue weighted by atomic mass is 19.3. The minimum Gasteiger partial charge on any atom is -0.489 e. The Kier molecular flexibility index (Phi) is 7.92. The zero-order valence-corrected chi connectivity index (χ0v) is 18.4. The van der Waals surface area contributed by atoms with Crippen molar-refractivity contribution in [2.24, 2.45) is 10.9 Å². The fraction of sp³-hybridized carbons (Fsp3) is 0.375. The molecule has 0 aliphatic carbocycles. The third kappa shape index (κ3) is 6.35. The van der Waals surface area contributed by atoms with Crippen LogP contribution in [0.4, 0.5) is 8.78 Å². The molecule has 0 spiro atoms. The normalized spacial score (nSPS) is 13.6. The smallest absolute Gasteiger partial charge is 0.387 e. The van der Waals surface area contributed by atoms with Gasteiger partial charge in [-0.2, -0.15) is 8.78 Å². The van der Waals surface area contributed by atoms with Crippen LogP contribution < -0.4 is 14.8 Å². The van der Waals surface area contributed by atoms with Crippen LogP contribution in [0.2, 0.25) is 0 Å². The Balaban J connectivity index is 1.74. The predicted molar refractivity (Wildman–Crippen MR) is 119 cm³/mol. The first-order chi connectivity index (χ1) is 15.3. The number of rotatable bonds is 9. The number of carbonyl (C=O) groups is 1. The number of halogens is 2. The number of nitrogens with one attached hydrogen (secondary N) is 1. The van der Waals surface area contributed by atoms with Crippen molar-refractivity contribution in [3.8, 4) is 11.5 Å². The number of allylic oxidation sites excluding steroid dienone is 1. The van der Waals surface area contributed by atoms with Gasteiger partial charge in [0.25, 0.3) is 5.91 Å². The quantitative estimate of drug-likeness (QED) is 0.597. The van der Waals surface area contributed by atoms with E-state index in [1.807, 2.05) is 32.9 Å². The maximum atomic E-state index is 12.8. The summed E-state index contributed by atoms with van der Waals surface area (Å²) >= 11 is 0. The van der Waals surface area contributed by atoms with E-state index in [4.69, 9.17) is 4.74 Å². The van der Waals surface area contributed by atoms with Gasteiger partial charge in [-0.3, -0.25) is 14.8 Å². The van der Waals surface area contributed by atoms with Crippen molar-refractivity contribution in [2.75, 3.05) is 13.2 Å². The molecule has 8 heteroatoms. The first-order valence-electron chi connectivity index (χ1n) is 10.5. The summed E-state index contributed by atoms with van der Waals surface area (Å²) in [6.07, 6.45) is 5.00. The Morgan fingerprint density at radius 3 is 2.75 bits per heavy atom. The summed E-state index contributed by atoms with van der Waals surface area (Å²) in [6.45, 7) is 3.48. The number of aliphatic imine (C=N–C) groups is 1. The molecule has 0 atom stereocenters. The summed E-state index contributed by atoms with van der Waals surface area (Å²) in [4.78, 5) is 21.2. The third-order valence-electron chi connectivity index (χ3n) is 4.76. The van der Waals surface area contributed by atoms with Gasteiger partial charge in [0.05, 0.1) is 18.8 Å². The average molecular weight is 443 g/mol. The molecular weight excluding hydrogens is 416 g/mol. The molecule has 1 N–H and O–H groups in total. The number of hydrogen-bond donors (Lipinski definition) is 1. The Morgan fingerprint density at radius 1 is 1.22 bits per heavy atom. The molecule has 0 saturated carbocycles. The molecule has 0 unspecified atom stereocenters. The van der Waals surface area contributed by atoms with Crippen molar-refractivity contribution in [1.82, 2.24) is 10.3 Å². The Bertz CT molecular complexity index is 1020. The van der Waals surface area contributed by atoms with Gasteiger partial charge in [-0.05, 0) is 61.1 Å². The molecule has 32 heavy (non-hydrogen) atoms. The summed E-state index contributed by atoms with van der Waals surface area (Å²) < 4.78 is 35.8. The van der Waals surface area contributed by atoms with E-state index in [0.29, 0.717) is 18.7 Å². The van der Waals surface area contributed by atoms with Gasteiger partial charge in [0, 0.05) is 11.9 Å². The lowest BCUT2D eigenvalue weighted by atomic mass is 10.0. The monoisotopic (exact) mass is 443 g/mol. The number of alkyl halides is 2. The molecule has 3 rings (SSSR count). The van der Waals surface area contributed by atoms with Gasteiger partial charge in [-0.1, -0.05) is 26.0 Å². The van der Waals surface area contributed by atoms with Crippen LogP contribution in [0.3, 0.4) is 0 Å². The predicted octanol–water partition coefficient (Wildman–Crippen LogP) is 4.92. The number of pyridine rings is 1. The summed E-state index contributed by atoms with van der Waals surface area (Å²) in [6, 6.07) is 8.46. The molecule has 170 valence electrons. The van der Waals surface area contributed by atoms with Crippen LogP contribution in [0.15, 0.2) is 53.3 Å². The van der Waals surface area contributed by atoms with Crippen LogP contribution in [-0.2, 0) is 0 Å². The SMILES string of the molecule is Cc1cccnc1C(=O)NCC1=CCCC(c2ccc(OC(F)F)c(OCC(C)C)c2)=N1. The first-order valence-corrected chi connectivity index (χ1v) is 10.5. The lowest BCUT2D eigenvalue weighted by molar-refractivity contribution is -0.0516. The summed E-state index contributed by atoms with van der Waals surface area (Å²) in [7, 11) is 0. The Labute approximate surface area is 186 Å². The number of aromatic nitrogens is 1. The second-order valence-electron chi connectivity index (χ2n) is 7.89. The molecule has 1 aliphatic heterocycles. The molecule has 0 radical (unpaired) electrons. The van der Waals surface area contributed by atoms with E-state index in [1.165, 1.54) is 6.07 Å². The van der Waals surface area contributed by atoms with Crippen LogP contribution in [-0.4, -0.2) is 36.4 Å². The van der Waals surface area contributed by atoms with Gasteiger partial charge in [0.1, 0.15) is 5.69 Å². The molecule has 1 aliphatic rings.